The standard InChI is InChI=1S/C11H12N4O3/c12-6-1-2-7(8(13)3-6)11(18)15-4-9(16)14-10(17)5-15/h1-3H,4-5,12-13H2,(H,14,16,17). The lowest BCUT2D eigenvalue weighted by Gasteiger charge is -2.25. The minimum atomic E-state index is -0.506. The Kier molecular flexibility index (Phi) is 2.88. The van der Waals surface area contributed by atoms with Gasteiger partial charge in [-0.15, -0.1) is 0 Å². The van der Waals surface area contributed by atoms with Crippen molar-refractivity contribution >= 4 is 29.1 Å². The maximum atomic E-state index is 12.1. The maximum absolute atomic E-state index is 12.1. The van der Waals surface area contributed by atoms with Crippen LogP contribution in [0.5, 0.6) is 0 Å². The van der Waals surface area contributed by atoms with Crippen LogP contribution in [0.15, 0.2) is 18.2 Å². The van der Waals surface area contributed by atoms with Crippen LogP contribution in [0.1, 0.15) is 10.4 Å². The lowest BCUT2D eigenvalue weighted by atomic mass is 10.1. The predicted octanol–water partition coefficient (Wildman–Crippen LogP) is -1.05. The number of benzene rings is 1. The van der Waals surface area contributed by atoms with E-state index in [2.05, 4.69) is 5.32 Å². The van der Waals surface area contributed by atoms with Gasteiger partial charge in [0, 0.05) is 11.4 Å². The van der Waals surface area contributed by atoms with E-state index in [-0.39, 0.29) is 24.3 Å². The van der Waals surface area contributed by atoms with Crippen molar-refractivity contribution in [3.05, 3.63) is 23.8 Å². The minimum Gasteiger partial charge on any atom is -0.399 e. The molecule has 18 heavy (non-hydrogen) atoms. The summed E-state index contributed by atoms with van der Waals surface area (Å²) in [7, 11) is 0. The van der Waals surface area contributed by atoms with Crippen LogP contribution in [0.4, 0.5) is 11.4 Å². The van der Waals surface area contributed by atoms with Crippen LogP contribution in [0, 0.1) is 0 Å². The van der Waals surface area contributed by atoms with Gasteiger partial charge in [-0.05, 0) is 18.2 Å². The lowest BCUT2D eigenvalue weighted by molar-refractivity contribution is -0.135. The van der Waals surface area contributed by atoms with Crippen LogP contribution in [0.25, 0.3) is 0 Å². The van der Waals surface area contributed by atoms with Gasteiger partial charge in [0.15, 0.2) is 0 Å². The predicted molar refractivity (Wildman–Crippen MR) is 64.3 cm³/mol. The number of hydrogen-bond donors (Lipinski definition) is 3. The Balaban J connectivity index is 2.25. The molecular weight excluding hydrogens is 236 g/mol. The molecule has 0 radical (unpaired) electrons. The number of anilines is 2. The Labute approximate surface area is 103 Å². The summed E-state index contributed by atoms with van der Waals surface area (Å²) in [5.41, 5.74) is 12.1. The van der Waals surface area contributed by atoms with E-state index in [4.69, 9.17) is 11.5 Å². The van der Waals surface area contributed by atoms with E-state index in [1.54, 1.807) is 0 Å². The van der Waals surface area contributed by atoms with E-state index in [1.165, 1.54) is 18.2 Å². The van der Waals surface area contributed by atoms with Gasteiger partial charge in [-0.25, -0.2) is 0 Å². The molecule has 7 nitrogen and oxygen atoms in total. The number of imide groups is 1. The highest BCUT2D eigenvalue weighted by Crippen LogP contribution is 2.18. The number of carbonyl (C=O) groups is 3. The highest BCUT2D eigenvalue weighted by Gasteiger charge is 2.27. The molecule has 94 valence electrons. The first kappa shape index (κ1) is 11.9. The topological polar surface area (TPSA) is 119 Å². The second-order valence-electron chi connectivity index (χ2n) is 3.98. The van der Waals surface area contributed by atoms with E-state index in [1.807, 2.05) is 0 Å². The Hall–Kier alpha value is -2.57. The molecule has 1 fully saturated rings. The summed E-state index contributed by atoms with van der Waals surface area (Å²) >= 11 is 0. The molecule has 1 heterocycles. The maximum Gasteiger partial charge on any atom is 0.256 e. The summed E-state index contributed by atoms with van der Waals surface area (Å²) in [6.07, 6.45) is 0. The molecule has 5 N–H and O–H groups in total. The molecule has 0 aliphatic carbocycles. The smallest absolute Gasteiger partial charge is 0.256 e. The van der Waals surface area contributed by atoms with Crippen LogP contribution in [-0.2, 0) is 9.59 Å². The van der Waals surface area contributed by atoms with E-state index in [9.17, 15) is 14.4 Å². The molecule has 0 unspecified atom stereocenters. The van der Waals surface area contributed by atoms with Gasteiger partial charge >= 0.3 is 0 Å². The molecule has 1 aliphatic heterocycles. The third-order valence-corrected chi connectivity index (χ3v) is 2.54. The van der Waals surface area contributed by atoms with E-state index >= 15 is 0 Å². The Morgan fingerprint density at radius 1 is 1.17 bits per heavy atom. The van der Waals surface area contributed by atoms with Crippen LogP contribution >= 0.6 is 0 Å². The van der Waals surface area contributed by atoms with Crippen molar-refractivity contribution in [1.29, 1.82) is 0 Å². The van der Waals surface area contributed by atoms with Crippen molar-refractivity contribution in [2.75, 3.05) is 24.6 Å². The molecule has 2 rings (SSSR count). The number of rotatable bonds is 1. The number of hydrogen-bond acceptors (Lipinski definition) is 5. The van der Waals surface area contributed by atoms with Crippen LogP contribution < -0.4 is 16.8 Å². The quantitative estimate of drug-likeness (QED) is 0.433. The van der Waals surface area contributed by atoms with Gasteiger partial charge in [0.05, 0.1) is 5.56 Å². The molecule has 0 atom stereocenters. The van der Waals surface area contributed by atoms with Gasteiger partial charge < -0.3 is 16.4 Å². The highest BCUT2D eigenvalue weighted by molar-refractivity contribution is 6.07. The van der Waals surface area contributed by atoms with Crippen molar-refractivity contribution in [3.63, 3.8) is 0 Å². The van der Waals surface area contributed by atoms with Crippen LogP contribution in [-0.4, -0.2) is 35.7 Å². The first-order valence-corrected chi connectivity index (χ1v) is 5.24. The SMILES string of the molecule is Nc1ccc(C(=O)N2CC(=O)NC(=O)C2)c(N)c1. The van der Waals surface area contributed by atoms with E-state index < -0.39 is 17.7 Å². The van der Waals surface area contributed by atoms with Crippen molar-refractivity contribution < 1.29 is 14.4 Å². The number of nitrogens with zero attached hydrogens (tertiary/aromatic N) is 1. The van der Waals surface area contributed by atoms with Gasteiger partial charge in [-0.1, -0.05) is 0 Å². The second kappa shape index (κ2) is 4.36. The fourth-order valence-electron chi connectivity index (χ4n) is 1.73. The highest BCUT2D eigenvalue weighted by atomic mass is 16.2. The zero-order valence-electron chi connectivity index (χ0n) is 9.47. The van der Waals surface area contributed by atoms with Gasteiger partial charge in [-0.3, -0.25) is 19.7 Å². The lowest BCUT2D eigenvalue weighted by Crippen LogP contribution is -2.53. The van der Waals surface area contributed by atoms with Crippen molar-refractivity contribution in [2.45, 2.75) is 0 Å². The molecule has 3 amide bonds. The normalized spacial score (nSPS) is 15.4. The number of piperazine rings is 1. The molecule has 1 saturated heterocycles. The summed E-state index contributed by atoms with van der Waals surface area (Å²) in [6, 6.07) is 4.47. The van der Waals surface area contributed by atoms with Crippen LogP contribution in [0.2, 0.25) is 0 Å². The monoisotopic (exact) mass is 248 g/mol. The third kappa shape index (κ3) is 2.24. The summed E-state index contributed by atoms with van der Waals surface area (Å²) in [4.78, 5) is 35.6. The summed E-state index contributed by atoms with van der Waals surface area (Å²) < 4.78 is 0. The summed E-state index contributed by atoms with van der Waals surface area (Å²) in [5.74, 6) is -1.47. The Morgan fingerprint density at radius 2 is 1.78 bits per heavy atom. The third-order valence-electron chi connectivity index (χ3n) is 2.54. The van der Waals surface area contributed by atoms with E-state index in [0.717, 1.165) is 4.90 Å². The Morgan fingerprint density at radius 3 is 2.33 bits per heavy atom. The minimum absolute atomic E-state index is 0.158. The molecular formula is C11H12N4O3. The van der Waals surface area contributed by atoms with Crippen molar-refractivity contribution in [3.8, 4) is 0 Å². The molecule has 0 bridgehead atoms. The average molecular weight is 248 g/mol. The zero-order valence-corrected chi connectivity index (χ0v) is 9.47. The van der Waals surface area contributed by atoms with Crippen LogP contribution in [0.3, 0.4) is 0 Å². The molecule has 1 aromatic rings. The number of nitrogens with two attached hydrogens (primary N) is 2. The fraction of sp³-hybridized carbons (Fsp3) is 0.182. The first-order valence-electron chi connectivity index (χ1n) is 5.24. The number of nitrogens with one attached hydrogen (secondary N) is 1. The van der Waals surface area contributed by atoms with E-state index in [0.29, 0.717) is 5.69 Å². The number of nitrogen functional groups attached to an aromatic ring is 2. The summed E-state index contributed by atoms with van der Waals surface area (Å²) in [6.45, 7) is -0.317. The molecule has 1 aromatic carbocycles. The van der Waals surface area contributed by atoms with Gasteiger partial charge in [0.1, 0.15) is 13.1 Å². The molecule has 0 spiro atoms. The summed E-state index contributed by atoms with van der Waals surface area (Å²) in [5, 5.41) is 2.12. The first-order chi connectivity index (χ1) is 8.47. The number of carbonyl (C=O) groups excluding carboxylic acids is 3. The molecule has 7 heteroatoms. The fourth-order valence-corrected chi connectivity index (χ4v) is 1.73. The largest absolute Gasteiger partial charge is 0.399 e. The number of amides is 3. The van der Waals surface area contributed by atoms with Gasteiger partial charge in [0.2, 0.25) is 11.8 Å². The molecule has 0 saturated carbocycles. The average Bonchev–Trinajstić information content (AvgIpc) is 2.26. The zero-order chi connectivity index (χ0) is 13.3. The Bertz CT molecular complexity index is 525. The van der Waals surface area contributed by atoms with Gasteiger partial charge in [0.25, 0.3) is 5.91 Å². The second-order valence-corrected chi connectivity index (χ2v) is 3.98. The molecule has 1 aliphatic rings. The van der Waals surface area contributed by atoms with Crippen molar-refractivity contribution in [1.82, 2.24) is 10.2 Å². The molecule has 0 aromatic heterocycles. The van der Waals surface area contributed by atoms with Gasteiger partial charge in [-0.2, -0.15) is 0 Å². The van der Waals surface area contributed by atoms with Crippen molar-refractivity contribution in [2.24, 2.45) is 0 Å².